The van der Waals surface area contributed by atoms with Gasteiger partial charge >= 0.3 is 0 Å². The van der Waals surface area contributed by atoms with E-state index in [1.54, 1.807) is 29.2 Å². The Bertz CT molecular complexity index is 952. The number of nitrogens with zero attached hydrogens (tertiary/aromatic N) is 3. The van der Waals surface area contributed by atoms with Crippen LogP contribution in [0.3, 0.4) is 0 Å². The molecule has 1 saturated heterocycles. The summed E-state index contributed by atoms with van der Waals surface area (Å²) >= 11 is 5.79. The van der Waals surface area contributed by atoms with Gasteiger partial charge in [-0.25, -0.2) is 14.1 Å². The largest absolute Gasteiger partial charge is 0.454 e. The normalized spacial score (nSPS) is 21.4. The second kappa shape index (κ2) is 8.49. The topological polar surface area (TPSA) is 58.4 Å². The van der Waals surface area contributed by atoms with E-state index < -0.39 is 11.6 Å². The first-order chi connectivity index (χ1) is 14.1. The maximum atomic E-state index is 14.0. The number of ether oxygens (including phenoxy) is 3. The molecule has 2 atom stereocenters. The van der Waals surface area contributed by atoms with E-state index in [0.29, 0.717) is 23.9 Å². The Kier molecular flexibility index (Phi) is 5.80. The first kappa shape index (κ1) is 19.8. The predicted molar refractivity (Wildman–Crippen MR) is 105 cm³/mol. The molecule has 29 heavy (non-hydrogen) atoms. The Morgan fingerprint density at radius 2 is 2.10 bits per heavy atom. The van der Waals surface area contributed by atoms with Crippen molar-refractivity contribution in [2.75, 3.05) is 6.61 Å². The summed E-state index contributed by atoms with van der Waals surface area (Å²) in [4.78, 5) is 4.00. The van der Waals surface area contributed by atoms with Crippen LogP contribution in [0.4, 0.5) is 4.39 Å². The third kappa shape index (κ3) is 4.42. The minimum Gasteiger partial charge on any atom is -0.454 e. The fraction of sp³-hybridized carbons (Fsp3) is 0.333. The third-order valence-electron chi connectivity index (χ3n) is 4.72. The van der Waals surface area contributed by atoms with Gasteiger partial charge in [0.25, 0.3) is 0 Å². The molecule has 0 spiro atoms. The van der Waals surface area contributed by atoms with Gasteiger partial charge in [0.2, 0.25) is 5.79 Å². The molecule has 1 aromatic heterocycles. The van der Waals surface area contributed by atoms with Crippen LogP contribution in [0, 0.1) is 5.82 Å². The summed E-state index contributed by atoms with van der Waals surface area (Å²) in [6.45, 7) is 3.00. The number of hydrogen-bond donors (Lipinski definition) is 0. The van der Waals surface area contributed by atoms with E-state index >= 15 is 0 Å². The number of rotatable bonds is 7. The van der Waals surface area contributed by atoms with Crippen molar-refractivity contribution in [3.8, 4) is 11.5 Å². The lowest BCUT2D eigenvalue weighted by molar-refractivity contribution is -0.189. The molecule has 0 bridgehead atoms. The van der Waals surface area contributed by atoms with Crippen LogP contribution in [0.2, 0.25) is 5.02 Å². The van der Waals surface area contributed by atoms with Gasteiger partial charge in [-0.3, -0.25) is 0 Å². The molecule has 0 amide bonds. The Hall–Kier alpha value is -2.48. The maximum absolute atomic E-state index is 14.0. The van der Waals surface area contributed by atoms with Crippen molar-refractivity contribution in [2.45, 2.75) is 38.2 Å². The Morgan fingerprint density at radius 1 is 1.28 bits per heavy atom. The fourth-order valence-electron chi connectivity index (χ4n) is 3.34. The van der Waals surface area contributed by atoms with Gasteiger partial charge in [0.1, 0.15) is 24.9 Å². The Balaban J connectivity index is 1.57. The first-order valence-electron chi connectivity index (χ1n) is 9.45. The molecule has 2 aromatic carbocycles. The fourth-order valence-corrected chi connectivity index (χ4v) is 3.50. The van der Waals surface area contributed by atoms with Crippen LogP contribution in [0.5, 0.6) is 11.5 Å². The molecule has 2 unspecified atom stereocenters. The number of halogens is 2. The van der Waals surface area contributed by atoms with Crippen LogP contribution in [0.1, 0.15) is 25.3 Å². The van der Waals surface area contributed by atoms with Crippen LogP contribution in [0.25, 0.3) is 0 Å². The van der Waals surface area contributed by atoms with E-state index in [0.717, 1.165) is 18.4 Å². The zero-order valence-electron chi connectivity index (χ0n) is 15.9. The van der Waals surface area contributed by atoms with Crippen molar-refractivity contribution >= 4 is 11.6 Å². The van der Waals surface area contributed by atoms with Gasteiger partial charge in [0.05, 0.1) is 12.7 Å². The minimum absolute atomic E-state index is 0.0163. The average molecular weight is 418 g/mol. The van der Waals surface area contributed by atoms with Crippen molar-refractivity contribution < 1.29 is 18.6 Å². The van der Waals surface area contributed by atoms with Crippen molar-refractivity contribution in [3.05, 3.63) is 71.5 Å². The predicted octanol–water partition coefficient (Wildman–Crippen LogP) is 4.93. The summed E-state index contributed by atoms with van der Waals surface area (Å²) in [5.74, 6) is -0.878. The summed E-state index contributed by atoms with van der Waals surface area (Å²) < 4.78 is 33.7. The lowest BCUT2D eigenvalue weighted by Gasteiger charge is -2.28. The number of benzene rings is 2. The van der Waals surface area contributed by atoms with Gasteiger partial charge < -0.3 is 14.2 Å². The summed E-state index contributed by atoms with van der Waals surface area (Å²) in [7, 11) is 0. The minimum atomic E-state index is -0.961. The second-order valence-electron chi connectivity index (χ2n) is 6.89. The van der Waals surface area contributed by atoms with Gasteiger partial charge in [0, 0.05) is 10.6 Å². The molecule has 1 aliphatic rings. The van der Waals surface area contributed by atoms with Crippen LogP contribution < -0.4 is 4.74 Å². The number of hydrogen-bond acceptors (Lipinski definition) is 5. The van der Waals surface area contributed by atoms with E-state index in [1.165, 1.54) is 18.5 Å². The molecular weight excluding hydrogens is 397 g/mol. The highest BCUT2D eigenvalue weighted by atomic mass is 35.5. The van der Waals surface area contributed by atoms with Gasteiger partial charge in [-0.2, -0.15) is 5.10 Å². The first-order valence-corrected chi connectivity index (χ1v) is 9.83. The van der Waals surface area contributed by atoms with E-state index in [1.807, 2.05) is 12.1 Å². The smallest absolute Gasteiger partial charge is 0.215 e. The highest BCUT2D eigenvalue weighted by Gasteiger charge is 2.43. The van der Waals surface area contributed by atoms with Crippen molar-refractivity contribution in [2.24, 2.45) is 0 Å². The van der Waals surface area contributed by atoms with Crippen molar-refractivity contribution in [1.82, 2.24) is 14.8 Å². The number of aromatic nitrogens is 3. The molecule has 0 radical (unpaired) electrons. The molecule has 0 N–H and O–H groups in total. The summed E-state index contributed by atoms with van der Waals surface area (Å²) in [6.07, 6.45) is 5.04. The van der Waals surface area contributed by atoms with Crippen LogP contribution in [-0.2, 0) is 21.8 Å². The van der Waals surface area contributed by atoms with Crippen molar-refractivity contribution in [1.29, 1.82) is 0 Å². The standard InChI is InChI=1S/C21H21ClFN3O3/c1-2-3-18-11-27-21(29-18,12-26-14-24-13-25-26)15-4-7-17(8-5-15)28-20-9-6-16(22)10-19(20)23/h4-10,13-14,18H,2-3,11-12H2,1H3. The quantitative estimate of drug-likeness (QED) is 0.545. The molecule has 3 aromatic rings. The van der Waals surface area contributed by atoms with Crippen LogP contribution in [0.15, 0.2) is 55.1 Å². The zero-order chi connectivity index (χ0) is 20.3. The maximum Gasteiger partial charge on any atom is 0.215 e. The van der Waals surface area contributed by atoms with Gasteiger partial charge in [-0.05, 0) is 48.9 Å². The van der Waals surface area contributed by atoms with E-state index in [9.17, 15) is 4.39 Å². The van der Waals surface area contributed by atoms with Gasteiger partial charge in [0.15, 0.2) is 11.6 Å². The second-order valence-corrected chi connectivity index (χ2v) is 7.32. The van der Waals surface area contributed by atoms with Gasteiger partial charge in [-0.1, -0.05) is 24.9 Å². The summed E-state index contributed by atoms with van der Waals surface area (Å²) in [5, 5.41) is 4.50. The summed E-state index contributed by atoms with van der Waals surface area (Å²) in [6, 6.07) is 11.5. The zero-order valence-corrected chi connectivity index (χ0v) is 16.7. The third-order valence-corrected chi connectivity index (χ3v) is 4.96. The van der Waals surface area contributed by atoms with Crippen molar-refractivity contribution in [3.63, 3.8) is 0 Å². The molecule has 2 heterocycles. The average Bonchev–Trinajstić information content (AvgIpc) is 3.36. The Labute approximate surface area is 173 Å². The molecule has 1 fully saturated rings. The molecule has 1 aliphatic heterocycles. The molecule has 152 valence electrons. The monoisotopic (exact) mass is 417 g/mol. The summed E-state index contributed by atoms with van der Waals surface area (Å²) in [5.41, 5.74) is 0.829. The highest BCUT2D eigenvalue weighted by Crippen LogP contribution is 2.38. The lowest BCUT2D eigenvalue weighted by Crippen LogP contribution is -2.33. The molecular formula is C21H21ClFN3O3. The SMILES string of the molecule is CCCC1COC(Cn2cncn2)(c2ccc(Oc3ccc(Cl)cc3F)cc2)O1. The Morgan fingerprint density at radius 3 is 2.79 bits per heavy atom. The highest BCUT2D eigenvalue weighted by molar-refractivity contribution is 6.30. The molecule has 6 nitrogen and oxygen atoms in total. The molecule has 8 heteroatoms. The van der Waals surface area contributed by atoms with Crippen LogP contribution >= 0.6 is 11.6 Å². The lowest BCUT2D eigenvalue weighted by atomic mass is 10.1. The molecule has 4 rings (SSSR count). The van der Waals surface area contributed by atoms with Crippen LogP contribution in [-0.4, -0.2) is 27.5 Å². The van der Waals surface area contributed by atoms with Gasteiger partial charge in [-0.15, -0.1) is 0 Å². The van der Waals surface area contributed by atoms with E-state index in [2.05, 4.69) is 17.0 Å². The molecule has 0 aliphatic carbocycles. The molecule has 0 saturated carbocycles. The van der Waals surface area contributed by atoms with E-state index in [-0.39, 0.29) is 11.9 Å². The van der Waals surface area contributed by atoms with E-state index in [4.69, 9.17) is 25.8 Å².